The van der Waals surface area contributed by atoms with Gasteiger partial charge >= 0.3 is 0 Å². The molecule has 2 aromatic carbocycles. The largest absolute Gasteiger partial charge is 0.497 e. The molecule has 0 unspecified atom stereocenters. The molecule has 0 saturated carbocycles. The number of nitrogens with zero attached hydrogens (tertiary/aromatic N) is 1. The van der Waals surface area contributed by atoms with E-state index in [1.165, 1.54) is 0 Å². The molecule has 6 heteroatoms. The lowest BCUT2D eigenvalue weighted by molar-refractivity contribution is -0.117. The van der Waals surface area contributed by atoms with Crippen molar-refractivity contribution in [1.82, 2.24) is 4.57 Å². The number of hydrogen-bond acceptors (Lipinski definition) is 4. The summed E-state index contributed by atoms with van der Waals surface area (Å²) in [6, 6.07) is 18.1. The van der Waals surface area contributed by atoms with E-state index in [-0.39, 0.29) is 17.6 Å². The van der Waals surface area contributed by atoms with Crippen molar-refractivity contribution in [1.29, 1.82) is 0 Å². The molecule has 0 fully saturated rings. The molecule has 0 radical (unpaired) electrons. The van der Waals surface area contributed by atoms with Gasteiger partial charge in [-0.1, -0.05) is 30.3 Å². The molecule has 0 bridgehead atoms. The summed E-state index contributed by atoms with van der Waals surface area (Å²) in [4.78, 5) is 25.8. The van der Waals surface area contributed by atoms with Crippen LogP contribution in [0.15, 0.2) is 60.7 Å². The average Bonchev–Trinajstić information content (AvgIpc) is 3.36. The first kappa shape index (κ1) is 18.8. The van der Waals surface area contributed by atoms with E-state index >= 15 is 0 Å². The summed E-state index contributed by atoms with van der Waals surface area (Å²) in [6.07, 6.45) is 0.642. The molecule has 1 amide bonds. The van der Waals surface area contributed by atoms with Gasteiger partial charge in [-0.3, -0.25) is 9.59 Å². The van der Waals surface area contributed by atoms with Crippen LogP contribution in [0.4, 0.5) is 5.69 Å². The SMILES string of the molecule is COc1ccc(OC)c(NC(=O)[C@@H]2CCn3c(C(=O)c4ccccc4)ccc32)c1. The van der Waals surface area contributed by atoms with Crippen molar-refractivity contribution in [3.63, 3.8) is 0 Å². The highest BCUT2D eigenvalue weighted by Crippen LogP contribution is 2.34. The van der Waals surface area contributed by atoms with Crippen LogP contribution in [0.1, 0.15) is 34.1 Å². The first-order valence-electron chi connectivity index (χ1n) is 9.44. The zero-order chi connectivity index (χ0) is 20.4. The summed E-state index contributed by atoms with van der Waals surface area (Å²) in [6.45, 7) is 0.629. The Morgan fingerprint density at radius 3 is 2.52 bits per heavy atom. The number of ether oxygens (including phenoxy) is 2. The molecule has 2 heterocycles. The van der Waals surface area contributed by atoms with Gasteiger partial charge in [-0.15, -0.1) is 0 Å². The first-order chi connectivity index (χ1) is 14.1. The average molecular weight is 390 g/mol. The van der Waals surface area contributed by atoms with Crippen molar-refractivity contribution in [2.45, 2.75) is 18.9 Å². The molecule has 6 nitrogen and oxygen atoms in total. The molecule has 0 spiro atoms. The number of methoxy groups -OCH3 is 2. The van der Waals surface area contributed by atoms with Gasteiger partial charge in [0, 0.05) is 23.9 Å². The summed E-state index contributed by atoms with van der Waals surface area (Å²) in [5.74, 6) is 0.696. The Balaban J connectivity index is 1.57. The maximum atomic E-state index is 13.0. The van der Waals surface area contributed by atoms with E-state index in [2.05, 4.69) is 5.32 Å². The molecule has 1 N–H and O–H groups in total. The first-order valence-corrected chi connectivity index (χ1v) is 9.44. The fraction of sp³-hybridized carbons (Fsp3) is 0.217. The fourth-order valence-electron chi connectivity index (χ4n) is 3.78. The van der Waals surface area contributed by atoms with Crippen LogP contribution < -0.4 is 14.8 Å². The third-order valence-electron chi connectivity index (χ3n) is 5.26. The van der Waals surface area contributed by atoms with Crippen molar-refractivity contribution in [2.24, 2.45) is 0 Å². The molecule has 1 aromatic heterocycles. The quantitative estimate of drug-likeness (QED) is 0.649. The van der Waals surface area contributed by atoms with Crippen LogP contribution in [0, 0.1) is 0 Å². The van der Waals surface area contributed by atoms with Crippen molar-refractivity contribution < 1.29 is 19.1 Å². The number of carbonyl (C=O) groups is 2. The van der Waals surface area contributed by atoms with E-state index in [0.717, 1.165) is 5.69 Å². The maximum Gasteiger partial charge on any atom is 0.233 e. The predicted molar refractivity (Wildman–Crippen MR) is 110 cm³/mol. The Morgan fingerprint density at radius 1 is 1.00 bits per heavy atom. The highest BCUT2D eigenvalue weighted by Gasteiger charge is 2.32. The molecule has 0 saturated heterocycles. The molecule has 29 heavy (non-hydrogen) atoms. The third-order valence-corrected chi connectivity index (χ3v) is 5.26. The van der Waals surface area contributed by atoms with Crippen LogP contribution in [0.25, 0.3) is 0 Å². The van der Waals surface area contributed by atoms with Crippen molar-refractivity contribution in [2.75, 3.05) is 19.5 Å². The van der Waals surface area contributed by atoms with Gasteiger partial charge in [0.05, 0.1) is 31.5 Å². The van der Waals surface area contributed by atoms with Crippen LogP contribution >= 0.6 is 0 Å². The minimum absolute atomic E-state index is 0.0348. The maximum absolute atomic E-state index is 13.0. The number of anilines is 1. The molecule has 1 aliphatic heterocycles. The van der Waals surface area contributed by atoms with E-state index in [1.54, 1.807) is 50.6 Å². The van der Waals surface area contributed by atoms with Crippen LogP contribution in [0.3, 0.4) is 0 Å². The monoisotopic (exact) mass is 390 g/mol. The number of aromatic nitrogens is 1. The number of nitrogens with one attached hydrogen (secondary N) is 1. The second-order valence-corrected chi connectivity index (χ2v) is 6.89. The molecule has 4 rings (SSSR count). The Labute approximate surface area is 169 Å². The zero-order valence-electron chi connectivity index (χ0n) is 16.3. The lowest BCUT2D eigenvalue weighted by atomic mass is 10.0. The fourth-order valence-corrected chi connectivity index (χ4v) is 3.78. The summed E-state index contributed by atoms with van der Waals surface area (Å²) in [7, 11) is 3.13. The van der Waals surface area contributed by atoms with Gasteiger partial charge in [0.25, 0.3) is 0 Å². The second kappa shape index (κ2) is 7.83. The smallest absolute Gasteiger partial charge is 0.233 e. The topological polar surface area (TPSA) is 69.6 Å². The van der Waals surface area contributed by atoms with Gasteiger partial charge in [-0.05, 0) is 30.7 Å². The van der Waals surface area contributed by atoms with Gasteiger partial charge in [0.2, 0.25) is 11.7 Å². The molecular weight excluding hydrogens is 368 g/mol. The van der Waals surface area contributed by atoms with E-state index in [0.29, 0.717) is 41.4 Å². The number of amides is 1. The molecule has 1 atom stereocenters. The van der Waals surface area contributed by atoms with Crippen LogP contribution in [-0.2, 0) is 11.3 Å². The molecule has 1 aliphatic rings. The molecule has 148 valence electrons. The van der Waals surface area contributed by atoms with E-state index < -0.39 is 0 Å². The molecule has 0 aliphatic carbocycles. The Morgan fingerprint density at radius 2 is 1.79 bits per heavy atom. The molecule has 3 aromatic rings. The number of ketones is 1. The highest BCUT2D eigenvalue weighted by atomic mass is 16.5. The standard InChI is InChI=1S/C23H22N2O4/c1-28-16-8-11-21(29-2)18(14-16)24-23(27)17-12-13-25-19(17)9-10-20(25)22(26)15-6-4-3-5-7-15/h3-11,14,17H,12-13H2,1-2H3,(H,24,27)/t17-/m1/s1. The Hall–Kier alpha value is -3.54. The molecular formula is C23H22N2O4. The second-order valence-electron chi connectivity index (χ2n) is 6.89. The minimum atomic E-state index is -0.330. The number of carbonyl (C=O) groups excluding carboxylic acids is 2. The summed E-state index contributed by atoms with van der Waals surface area (Å²) >= 11 is 0. The number of benzene rings is 2. The Kier molecular flexibility index (Phi) is 5.08. The van der Waals surface area contributed by atoms with E-state index in [1.807, 2.05) is 28.8 Å². The lowest BCUT2D eigenvalue weighted by Gasteiger charge is -2.14. The number of hydrogen-bond donors (Lipinski definition) is 1. The zero-order valence-corrected chi connectivity index (χ0v) is 16.3. The summed E-state index contributed by atoms with van der Waals surface area (Å²) < 4.78 is 12.5. The van der Waals surface area contributed by atoms with Crippen LogP contribution in [-0.4, -0.2) is 30.5 Å². The Bertz CT molecular complexity index is 1060. The van der Waals surface area contributed by atoms with Crippen molar-refractivity contribution in [3.05, 3.63) is 77.6 Å². The van der Waals surface area contributed by atoms with Gasteiger partial charge in [0.1, 0.15) is 11.5 Å². The third kappa shape index (κ3) is 3.49. The van der Waals surface area contributed by atoms with Gasteiger partial charge in [-0.2, -0.15) is 0 Å². The van der Waals surface area contributed by atoms with Gasteiger partial charge in [0.15, 0.2) is 0 Å². The normalized spacial score (nSPS) is 14.9. The summed E-state index contributed by atoms with van der Waals surface area (Å²) in [5.41, 5.74) is 2.66. The van der Waals surface area contributed by atoms with Crippen molar-refractivity contribution >= 4 is 17.4 Å². The summed E-state index contributed by atoms with van der Waals surface area (Å²) in [5, 5.41) is 2.95. The van der Waals surface area contributed by atoms with E-state index in [9.17, 15) is 9.59 Å². The van der Waals surface area contributed by atoms with Crippen molar-refractivity contribution in [3.8, 4) is 11.5 Å². The highest BCUT2D eigenvalue weighted by molar-refractivity contribution is 6.08. The predicted octanol–water partition coefficient (Wildman–Crippen LogP) is 3.86. The van der Waals surface area contributed by atoms with Gasteiger partial charge in [-0.25, -0.2) is 0 Å². The lowest BCUT2D eigenvalue weighted by Crippen LogP contribution is -2.20. The van der Waals surface area contributed by atoms with Gasteiger partial charge < -0.3 is 19.4 Å². The van der Waals surface area contributed by atoms with Crippen LogP contribution in [0.5, 0.6) is 11.5 Å². The minimum Gasteiger partial charge on any atom is -0.497 e. The number of fused-ring (bicyclic) bond motifs is 1. The van der Waals surface area contributed by atoms with Crippen LogP contribution in [0.2, 0.25) is 0 Å². The van der Waals surface area contributed by atoms with E-state index in [4.69, 9.17) is 9.47 Å². The number of rotatable bonds is 6.